The highest BCUT2D eigenvalue weighted by Crippen LogP contribution is 2.45. The number of cyclic esters (lactones) is 3. The maximum atomic E-state index is 12.8. The van der Waals surface area contributed by atoms with E-state index >= 15 is 0 Å². The molecule has 28 atom stereocenters. The highest BCUT2D eigenvalue weighted by atomic mass is 16.6. The maximum Gasteiger partial charge on any atom is 0.306 e. The Bertz CT molecular complexity index is 3330. The van der Waals surface area contributed by atoms with Gasteiger partial charge in [-0.05, 0) is 198 Å². The number of carbonyl (C=O) groups excluding carboxylic acids is 6. The molecule has 6 heterocycles. The monoisotopic (exact) mass is 1710 g/mol. The minimum Gasteiger partial charge on any atom is -0.459 e. The molecule has 22 nitrogen and oxygen atoms in total. The normalized spacial score (nSPS) is 34.3. The zero-order chi connectivity index (χ0) is 92.6. The fraction of sp³-hybridized carbons (Fsp3) is 0.798. The van der Waals surface area contributed by atoms with Gasteiger partial charge >= 0.3 is 35.8 Å². The van der Waals surface area contributed by atoms with Crippen LogP contribution in [-0.2, 0) is 71.4 Å². The lowest BCUT2D eigenvalue weighted by Gasteiger charge is -2.33. The molecule has 3 fully saturated rings. The number of aliphatic hydroxyl groups excluding tert-OH is 4. The Morgan fingerprint density at radius 2 is 0.793 bits per heavy atom. The molecule has 0 amide bonds. The molecular formula is C99H170O22. The second kappa shape index (κ2) is 52.0. The molecule has 0 saturated carbocycles. The van der Waals surface area contributed by atoms with Gasteiger partial charge in [0.2, 0.25) is 0 Å². The Hall–Kier alpha value is -5.40. The summed E-state index contributed by atoms with van der Waals surface area (Å²) in [4.78, 5) is 71.7. The smallest absolute Gasteiger partial charge is 0.306 e. The van der Waals surface area contributed by atoms with Crippen molar-refractivity contribution in [2.75, 3.05) is 19.8 Å². The first-order valence-corrected chi connectivity index (χ1v) is 45.5. The van der Waals surface area contributed by atoms with E-state index < -0.39 is 77.4 Å². The molecule has 0 spiro atoms. The van der Waals surface area contributed by atoms with Crippen LogP contribution in [0, 0.1) is 87.3 Å². The lowest BCUT2D eigenvalue weighted by Crippen LogP contribution is -2.42. The third-order valence-corrected chi connectivity index (χ3v) is 25.8. The predicted molar refractivity (Wildman–Crippen MR) is 478 cm³/mol. The fourth-order valence-electron chi connectivity index (χ4n) is 15.9. The quantitative estimate of drug-likeness (QED) is 0.0132. The summed E-state index contributed by atoms with van der Waals surface area (Å²) in [6.07, 6.45) is 30.0. The van der Waals surface area contributed by atoms with E-state index in [2.05, 4.69) is 122 Å². The van der Waals surface area contributed by atoms with Crippen molar-refractivity contribution in [2.45, 2.75) is 400 Å². The molecule has 0 aromatic rings. The third kappa shape index (κ3) is 41.7. The molecule has 6 rings (SSSR count). The molecule has 0 aromatic heterocycles. The molecule has 22 heteroatoms. The van der Waals surface area contributed by atoms with Crippen LogP contribution in [0.15, 0.2) is 84.1 Å². The van der Waals surface area contributed by atoms with Gasteiger partial charge in [0, 0.05) is 64.4 Å². The van der Waals surface area contributed by atoms with Crippen molar-refractivity contribution < 1.29 is 107 Å². The number of hydrogen-bond acceptors (Lipinski definition) is 22. The van der Waals surface area contributed by atoms with E-state index in [9.17, 15) is 54.3 Å². The first-order valence-electron chi connectivity index (χ1n) is 45.5. The van der Waals surface area contributed by atoms with Crippen LogP contribution in [0.3, 0.4) is 0 Å². The Morgan fingerprint density at radius 1 is 0.471 bits per heavy atom. The van der Waals surface area contributed by atoms with Crippen molar-refractivity contribution in [3.63, 3.8) is 0 Å². The molecule has 121 heavy (non-hydrogen) atoms. The highest BCUT2D eigenvalue weighted by molar-refractivity contribution is 5.71. The van der Waals surface area contributed by atoms with Gasteiger partial charge in [-0.2, -0.15) is 0 Å². The Balaban J connectivity index is 0.000000534. The van der Waals surface area contributed by atoms with Crippen molar-refractivity contribution >= 4 is 35.8 Å². The number of allylic oxidation sites excluding steroid dienone is 4. The molecule has 0 radical (unpaired) electrons. The molecule has 7 N–H and O–H groups in total. The van der Waals surface area contributed by atoms with Gasteiger partial charge in [-0.1, -0.05) is 219 Å². The second-order valence-electron chi connectivity index (χ2n) is 40.0. The van der Waals surface area contributed by atoms with E-state index in [0.29, 0.717) is 98.8 Å². The van der Waals surface area contributed by atoms with E-state index in [1.54, 1.807) is 78.0 Å². The van der Waals surface area contributed by atoms with E-state index in [-0.39, 0.29) is 109 Å². The van der Waals surface area contributed by atoms with Gasteiger partial charge in [-0.3, -0.25) is 28.8 Å². The molecule has 0 aromatic carbocycles. The molecule has 6 aliphatic heterocycles. The lowest BCUT2D eigenvalue weighted by atomic mass is 9.83. The number of carbonyl (C=O) groups is 6. The summed E-state index contributed by atoms with van der Waals surface area (Å²) < 4.78 is 50.7. The maximum absolute atomic E-state index is 12.8. The Labute approximate surface area is 730 Å². The fourth-order valence-corrected chi connectivity index (χ4v) is 15.9. The molecular weight excluding hydrogens is 1540 g/mol. The Kier molecular flexibility index (Phi) is 48.0. The molecule has 698 valence electrons. The van der Waals surface area contributed by atoms with Crippen molar-refractivity contribution in [3.8, 4) is 0 Å². The first-order chi connectivity index (χ1) is 56.0. The minimum absolute atomic E-state index is 0.00852. The SMILES string of the molecule is CC(=O)O[C@H]1/C=C/[C@H](C)[C@@H](/C(C)=C/CO)OC(=O)C[C@H](C)CC[C@@]1(C)O.CC(=O)O[C@H]1/C=C/[C@H](C)[C@@H]([C@@H](C)O)OC(=O)C[C@H](C)CC[C@@]1(C)O.CC[C@H](C)[C@@H](C)[C@H]1O[C@@H]1CC(C)(C)/C=C/C=C(\C)[C@H]1OC(=O)C[C@H](C)CC[C@@](C)(O)[C@@H](OC(C)=O)/C=C/[C@@H]1C.CC[C@H](C)[C@@H](C)[C@H]1O[C@@H]1CC(C)(C)/C=C/CO.CC[C@H](C)[C@@H](C)[C@H]1O[C@@H]1CC(C)(C)CO. The van der Waals surface area contributed by atoms with Crippen LogP contribution in [0.5, 0.6) is 0 Å². The van der Waals surface area contributed by atoms with Crippen molar-refractivity contribution in [1.29, 1.82) is 0 Å². The Morgan fingerprint density at radius 3 is 1.11 bits per heavy atom. The standard InChI is InChI=1S/C33H54O6.C20H32O6.C18H30O6.C15H28O2.C13H26O2/c1-11-22(3)25(6)31-27(38-31)20-32(8,9)17-12-13-23(4)30-24(5)14-15-28(37-26(7)34)33(10,36)18-16-21(2)19-29(35)39-30;1-13-8-10-20(5,24)17(25-16(4)22)7-6-14(2)19(15(3)9-11-21)26-18(23)12-13;1-11-8-9-18(5,22)15(23-14(4)20)7-6-12(2)17(13(3)19)24-16(21)10-11;1-6-11(2)12(3)14-13(17-14)10-15(4,5)8-7-9-16;1-6-9(2)10(3)12-11(15-12)7-13(4,5)8-14/h12-15,17,21-22,24-25,27-28,30-31,36H,11,16,18-20H2,1-10H3;6-7,9,13-14,17,19,21,24H,8,10-12H2,1-5H3;6-7,11-13,15,17,19,22H,8-10H2,1-5H3;7-8,11-14,16H,6,9-10H2,1-5H3;9-12,14H,6-8H2,1-5H3/b15-14+,17-12+,23-13+;7-6+,15-9+;7-6+;8-7+;/t21-,22+,24+,25-,27-,28+,30-,31-,33-;13-,14+,17+,19+,20-;11-,12+,13-,15+,17+,18-;11-,12+,13+,14+;9-,10+,11+,12+/m11100/s1. The minimum atomic E-state index is -1.24. The zero-order valence-corrected chi connectivity index (χ0v) is 80.3. The van der Waals surface area contributed by atoms with E-state index in [0.717, 1.165) is 42.2 Å². The zero-order valence-electron chi connectivity index (χ0n) is 80.3. The molecule has 6 aliphatic rings. The van der Waals surface area contributed by atoms with Gasteiger partial charge in [-0.25, -0.2) is 0 Å². The van der Waals surface area contributed by atoms with E-state index in [1.165, 1.54) is 40.0 Å². The molecule has 0 bridgehead atoms. The van der Waals surface area contributed by atoms with Crippen LogP contribution in [-0.4, -0.2) is 188 Å². The van der Waals surface area contributed by atoms with Gasteiger partial charge in [0.15, 0.2) is 0 Å². The summed E-state index contributed by atoms with van der Waals surface area (Å²) in [7, 11) is 0. The molecule has 0 unspecified atom stereocenters. The summed E-state index contributed by atoms with van der Waals surface area (Å²) in [6.45, 7) is 59.5. The summed E-state index contributed by atoms with van der Waals surface area (Å²) in [5.74, 6) is 1.09. The topological polar surface area (TPSA) is 337 Å². The van der Waals surface area contributed by atoms with E-state index in [1.807, 2.05) is 59.8 Å². The van der Waals surface area contributed by atoms with E-state index in [4.69, 9.17) is 52.8 Å². The van der Waals surface area contributed by atoms with Crippen LogP contribution in [0.4, 0.5) is 0 Å². The molecule has 3 saturated heterocycles. The number of hydrogen-bond donors (Lipinski definition) is 7. The van der Waals surface area contributed by atoms with Gasteiger partial charge in [0.05, 0.1) is 55.9 Å². The summed E-state index contributed by atoms with van der Waals surface area (Å²) in [5, 5.41) is 69.7. The van der Waals surface area contributed by atoms with Crippen LogP contribution in [0.2, 0.25) is 0 Å². The van der Waals surface area contributed by atoms with Crippen molar-refractivity contribution in [2.24, 2.45) is 87.3 Å². The number of rotatable bonds is 27. The average Bonchev–Trinajstić information content (AvgIpc) is 1.66. The van der Waals surface area contributed by atoms with Gasteiger partial charge in [0.1, 0.15) is 53.4 Å². The van der Waals surface area contributed by atoms with Crippen molar-refractivity contribution in [3.05, 3.63) is 84.1 Å². The van der Waals surface area contributed by atoms with Crippen molar-refractivity contribution in [1.82, 2.24) is 0 Å². The first kappa shape index (κ1) is 112. The molecule has 0 aliphatic carbocycles. The average molecular weight is 1710 g/mol. The van der Waals surface area contributed by atoms with Gasteiger partial charge < -0.3 is 78.4 Å². The number of aliphatic hydroxyl groups is 7. The van der Waals surface area contributed by atoms with Gasteiger partial charge in [0.25, 0.3) is 0 Å². The number of epoxide rings is 3. The van der Waals surface area contributed by atoms with Crippen LogP contribution in [0.25, 0.3) is 0 Å². The summed E-state index contributed by atoms with van der Waals surface area (Å²) >= 11 is 0. The lowest BCUT2D eigenvalue weighted by molar-refractivity contribution is -0.160. The number of ether oxygens (including phenoxy) is 9. The summed E-state index contributed by atoms with van der Waals surface area (Å²) in [6, 6.07) is 0. The van der Waals surface area contributed by atoms with Crippen LogP contribution < -0.4 is 0 Å². The summed E-state index contributed by atoms with van der Waals surface area (Å²) in [5.41, 5.74) is -1.92. The number of esters is 6. The largest absolute Gasteiger partial charge is 0.459 e. The predicted octanol–water partition coefficient (Wildman–Crippen LogP) is 17.7. The second-order valence-corrected chi connectivity index (χ2v) is 40.0. The third-order valence-electron chi connectivity index (χ3n) is 25.8. The van der Waals surface area contributed by atoms with Gasteiger partial charge in [-0.15, -0.1) is 0 Å². The van der Waals surface area contributed by atoms with Crippen LogP contribution in [0.1, 0.15) is 304 Å². The van der Waals surface area contributed by atoms with Crippen LogP contribution >= 0.6 is 0 Å². The highest BCUT2D eigenvalue weighted by Gasteiger charge is 2.49.